The van der Waals surface area contributed by atoms with Crippen molar-refractivity contribution in [1.29, 1.82) is 0 Å². The van der Waals surface area contributed by atoms with Gasteiger partial charge in [0.15, 0.2) is 0 Å². The minimum atomic E-state index is -0.117. The highest BCUT2D eigenvalue weighted by atomic mass is 79.9. The molecule has 0 aliphatic rings. The zero-order chi connectivity index (χ0) is 13.7. The van der Waals surface area contributed by atoms with E-state index in [1.54, 1.807) is 13.3 Å². The number of ether oxygens (including phenoxy) is 1. The Hall–Kier alpha value is -0.880. The van der Waals surface area contributed by atoms with Crippen molar-refractivity contribution in [2.45, 2.75) is 39.3 Å². The van der Waals surface area contributed by atoms with Gasteiger partial charge in [-0.05, 0) is 43.1 Å². The molecular weight excluding hydrogens is 298 g/mol. The first-order valence-corrected chi connectivity index (χ1v) is 6.79. The molecule has 0 aromatic carbocycles. The van der Waals surface area contributed by atoms with Crippen LogP contribution in [0, 0.1) is 0 Å². The molecule has 1 unspecified atom stereocenters. The lowest BCUT2D eigenvalue weighted by Gasteiger charge is -2.17. The first-order chi connectivity index (χ1) is 8.47. The molecule has 1 heterocycles. The summed E-state index contributed by atoms with van der Waals surface area (Å²) in [5, 5.41) is 7.40. The van der Waals surface area contributed by atoms with Crippen LogP contribution in [0.2, 0.25) is 0 Å². The van der Waals surface area contributed by atoms with Gasteiger partial charge in [0.05, 0.1) is 17.9 Å². The van der Waals surface area contributed by atoms with Gasteiger partial charge >= 0.3 is 0 Å². The highest BCUT2D eigenvalue weighted by molar-refractivity contribution is 9.10. The predicted molar refractivity (Wildman–Crippen MR) is 76.2 cm³/mol. The van der Waals surface area contributed by atoms with E-state index in [0.717, 1.165) is 12.1 Å². The summed E-state index contributed by atoms with van der Waals surface area (Å²) in [4.78, 5) is 12.0. The molecule has 0 aliphatic carbocycles. The van der Waals surface area contributed by atoms with Crippen LogP contribution in [0.1, 0.15) is 33.2 Å². The molecule has 0 fully saturated rings. The monoisotopic (exact) mass is 317 g/mol. The normalized spacial score (nSPS) is 12.8. The van der Waals surface area contributed by atoms with Gasteiger partial charge in [-0.15, -0.1) is 0 Å². The van der Waals surface area contributed by atoms with E-state index >= 15 is 0 Å². The third kappa shape index (κ3) is 3.81. The SMILES string of the molecule is COCCC(C)Nc1cnn(C(C)C)c(=O)c1Br. The smallest absolute Gasteiger partial charge is 0.283 e. The molecule has 0 bridgehead atoms. The number of hydrogen-bond donors (Lipinski definition) is 1. The maximum absolute atomic E-state index is 12.0. The van der Waals surface area contributed by atoms with Crippen molar-refractivity contribution in [3.8, 4) is 0 Å². The Balaban J connectivity index is 2.86. The molecule has 102 valence electrons. The first kappa shape index (κ1) is 15.2. The number of rotatable bonds is 6. The third-order valence-electron chi connectivity index (χ3n) is 2.59. The fourth-order valence-electron chi connectivity index (χ4n) is 1.55. The Morgan fingerprint density at radius 3 is 2.72 bits per heavy atom. The van der Waals surface area contributed by atoms with Crippen LogP contribution in [0.25, 0.3) is 0 Å². The van der Waals surface area contributed by atoms with E-state index in [4.69, 9.17) is 4.74 Å². The number of methoxy groups -OCH3 is 1. The lowest BCUT2D eigenvalue weighted by molar-refractivity contribution is 0.191. The quantitative estimate of drug-likeness (QED) is 0.875. The molecule has 0 radical (unpaired) electrons. The van der Waals surface area contributed by atoms with Crippen LogP contribution in [0.4, 0.5) is 5.69 Å². The molecule has 1 atom stereocenters. The van der Waals surface area contributed by atoms with Gasteiger partial charge in [-0.2, -0.15) is 5.10 Å². The Kier molecular flexibility index (Phi) is 5.81. The Labute approximate surface area is 116 Å². The lowest BCUT2D eigenvalue weighted by Crippen LogP contribution is -2.27. The van der Waals surface area contributed by atoms with Crippen LogP contribution in [0.5, 0.6) is 0 Å². The van der Waals surface area contributed by atoms with Crippen LogP contribution < -0.4 is 10.9 Å². The second kappa shape index (κ2) is 6.89. The molecule has 1 aromatic heterocycles. The lowest BCUT2D eigenvalue weighted by atomic mass is 10.2. The Morgan fingerprint density at radius 2 is 2.17 bits per heavy atom. The summed E-state index contributed by atoms with van der Waals surface area (Å²) in [6.07, 6.45) is 2.55. The molecule has 5 nitrogen and oxygen atoms in total. The van der Waals surface area contributed by atoms with E-state index < -0.39 is 0 Å². The molecule has 1 aromatic rings. The van der Waals surface area contributed by atoms with Gasteiger partial charge in [0.1, 0.15) is 4.47 Å². The molecule has 0 saturated heterocycles. The van der Waals surface area contributed by atoms with Crippen LogP contribution in [0.15, 0.2) is 15.5 Å². The second-order valence-corrected chi connectivity index (χ2v) is 5.34. The second-order valence-electron chi connectivity index (χ2n) is 4.54. The summed E-state index contributed by atoms with van der Waals surface area (Å²) in [6, 6.07) is 0.270. The number of aromatic nitrogens is 2. The van der Waals surface area contributed by atoms with Gasteiger partial charge in [-0.1, -0.05) is 0 Å². The predicted octanol–water partition coefficient (Wildman–Crippen LogP) is 2.42. The molecule has 18 heavy (non-hydrogen) atoms. The standard InChI is InChI=1S/C12H20BrN3O2/c1-8(2)16-12(17)11(13)10(7-14-16)15-9(3)5-6-18-4/h7-9,15H,5-6H2,1-4H3. The number of hydrogen-bond acceptors (Lipinski definition) is 4. The third-order valence-corrected chi connectivity index (χ3v) is 3.36. The molecule has 1 rings (SSSR count). The average molecular weight is 318 g/mol. The largest absolute Gasteiger partial charge is 0.385 e. The molecule has 0 aliphatic heterocycles. The van der Waals surface area contributed by atoms with Crippen molar-refractivity contribution in [3.05, 3.63) is 21.0 Å². The molecule has 6 heteroatoms. The summed E-state index contributed by atoms with van der Waals surface area (Å²) in [7, 11) is 1.67. The minimum absolute atomic E-state index is 0.0498. The van der Waals surface area contributed by atoms with E-state index in [9.17, 15) is 4.79 Å². The Bertz CT molecular complexity index is 445. The number of halogens is 1. The van der Waals surface area contributed by atoms with Gasteiger partial charge in [0.2, 0.25) is 0 Å². The van der Waals surface area contributed by atoms with Gasteiger partial charge in [0, 0.05) is 19.8 Å². The van der Waals surface area contributed by atoms with E-state index in [0.29, 0.717) is 11.1 Å². The van der Waals surface area contributed by atoms with Crippen LogP contribution in [-0.2, 0) is 4.74 Å². The first-order valence-electron chi connectivity index (χ1n) is 6.00. The molecule has 0 amide bonds. The summed E-state index contributed by atoms with van der Waals surface area (Å²) in [5.41, 5.74) is 0.606. The van der Waals surface area contributed by atoms with Gasteiger partial charge < -0.3 is 10.1 Å². The summed E-state index contributed by atoms with van der Waals surface area (Å²) in [6.45, 7) is 6.58. The summed E-state index contributed by atoms with van der Waals surface area (Å²) in [5.74, 6) is 0. The van der Waals surface area contributed by atoms with Gasteiger partial charge in [0.25, 0.3) is 5.56 Å². The zero-order valence-corrected chi connectivity index (χ0v) is 12.8. The fraction of sp³-hybridized carbons (Fsp3) is 0.667. The molecule has 0 spiro atoms. The van der Waals surface area contributed by atoms with Crippen LogP contribution in [0.3, 0.4) is 0 Å². The summed E-state index contributed by atoms with van der Waals surface area (Å²) >= 11 is 3.33. The maximum Gasteiger partial charge on any atom is 0.283 e. The van der Waals surface area contributed by atoms with Crippen molar-refractivity contribution in [3.63, 3.8) is 0 Å². The van der Waals surface area contributed by atoms with Gasteiger partial charge in [-0.3, -0.25) is 4.79 Å². The van der Waals surface area contributed by atoms with E-state index in [-0.39, 0.29) is 17.6 Å². The molecular formula is C12H20BrN3O2. The topological polar surface area (TPSA) is 56.1 Å². The van der Waals surface area contributed by atoms with Gasteiger partial charge in [-0.25, -0.2) is 4.68 Å². The minimum Gasteiger partial charge on any atom is -0.385 e. The molecule has 1 N–H and O–H groups in total. The van der Waals surface area contributed by atoms with Crippen molar-refractivity contribution in [2.75, 3.05) is 19.0 Å². The van der Waals surface area contributed by atoms with E-state index in [1.807, 2.05) is 20.8 Å². The number of nitrogens with zero attached hydrogens (tertiary/aromatic N) is 2. The van der Waals surface area contributed by atoms with Crippen LogP contribution >= 0.6 is 15.9 Å². The highest BCUT2D eigenvalue weighted by Gasteiger charge is 2.12. The number of nitrogens with one attached hydrogen (secondary N) is 1. The van der Waals surface area contributed by atoms with Crippen molar-refractivity contribution >= 4 is 21.6 Å². The number of anilines is 1. The summed E-state index contributed by atoms with van der Waals surface area (Å²) < 4.78 is 7.00. The maximum atomic E-state index is 12.0. The Morgan fingerprint density at radius 1 is 1.50 bits per heavy atom. The van der Waals surface area contributed by atoms with E-state index in [1.165, 1.54) is 4.68 Å². The highest BCUT2D eigenvalue weighted by Crippen LogP contribution is 2.18. The van der Waals surface area contributed by atoms with Crippen LogP contribution in [-0.4, -0.2) is 29.5 Å². The van der Waals surface area contributed by atoms with Crippen molar-refractivity contribution < 1.29 is 4.74 Å². The van der Waals surface area contributed by atoms with Crippen molar-refractivity contribution in [2.24, 2.45) is 0 Å². The zero-order valence-electron chi connectivity index (χ0n) is 11.2. The average Bonchev–Trinajstić information content (AvgIpc) is 2.32. The molecule has 0 saturated carbocycles. The fourth-order valence-corrected chi connectivity index (χ4v) is 1.94. The van der Waals surface area contributed by atoms with Crippen molar-refractivity contribution in [1.82, 2.24) is 9.78 Å². The van der Waals surface area contributed by atoms with E-state index in [2.05, 4.69) is 26.3 Å².